The van der Waals surface area contributed by atoms with Crippen molar-refractivity contribution in [2.75, 3.05) is 24.5 Å². The molecule has 4 rings (SSSR count). The molecular weight excluding hydrogens is 388 g/mol. The number of carbonyl (C=O) groups is 1. The number of likely N-dealkylation sites (tertiary alicyclic amines) is 1. The highest BCUT2D eigenvalue weighted by molar-refractivity contribution is 6.30. The van der Waals surface area contributed by atoms with Gasteiger partial charge in [-0.3, -0.25) is 9.78 Å². The van der Waals surface area contributed by atoms with Crippen molar-refractivity contribution in [2.24, 2.45) is 5.92 Å². The van der Waals surface area contributed by atoms with E-state index in [4.69, 9.17) is 11.6 Å². The van der Waals surface area contributed by atoms with E-state index in [0.717, 1.165) is 12.8 Å². The number of carbonyl (C=O) groups excluding carboxylic acids is 1. The minimum absolute atomic E-state index is 0.0378. The maximum atomic E-state index is 15.0. The fourth-order valence-electron chi connectivity index (χ4n) is 4.16. The number of alkyl halides is 2. The predicted molar refractivity (Wildman–Crippen MR) is 102 cm³/mol. The van der Waals surface area contributed by atoms with Crippen LogP contribution in [0.25, 0.3) is 5.69 Å². The van der Waals surface area contributed by atoms with Gasteiger partial charge >= 0.3 is 0 Å². The summed E-state index contributed by atoms with van der Waals surface area (Å²) in [5.74, 6) is -4.81. The summed E-state index contributed by atoms with van der Waals surface area (Å²) < 4.78 is 31.6. The predicted octanol–water partition coefficient (Wildman–Crippen LogP) is 3.39. The summed E-state index contributed by atoms with van der Waals surface area (Å²) in [6.45, 7) is 2.32. The SMILES string of the molecule is C[C@H]1CCCN1C(=O)[C@@H]1CCN(c2cnccc2-n2cc(Cl)cn2)CC1(F)F. The summed E-state index contributed by atoms with van der Waals surface area (Å²) in [4.78, 5) is 20.0. The van der Waals surface area contributed by atoms with Crippen LogP contribution in [0.2, 0.25) is 5.02 Å². The van der Waals surface area contributed by atoms with Gasteiger partial charge in [0.1, 0.15) is 5.92 Å². The molecule has 2 aromatic rings. The second-order valence-corrected chi connectivity index (χ2v) is 7.95. The zero-order chi connectivity index (χ0) is 19.9. The maximum absolute atomic E-state index is 15.0. The lowest BCUT2D eigenvalue weighted by molar-refractivity contribution is -0.152. The number of pyridine rings is 1. The Morgan fingerprint density at radius 1 is 1.25 bits per heavy atom. The Kier molecular flexibility index (Phi) is 4.99. The van der Waals surface area contributed by atoms with E-state index < -0.39 is 24.3 Å². The number of halogens is 3. The van der Waals surface area contributed by atoms with Crippen molar-refractivity contribution in [1.82, 2.24) is 19.7 Å². The molecule has 4 heterocycles. The van der Waals surface area contributed by atoms with E-state index >= 15 is 8.78 Å². The topological polar surface area (TPSA) is 54.3 Å². The quantitative estimate of drug-likeness (QED) is 0.779. The van der Waals surface area contributed by atoms with Gasteiger partial charge in [-0.1, -0.05) is 11.6 Å². The van der Waals surface area contributed by atoms with Crippen LogP contribution < -0.4 is 4.90 Å². The molecule has 2 saturated heterocycles. The zero-order valence-corrected chi connectivity index (χ0v) is 16.3. The summed E-state index contributed by atoms with van der Waals surface area (Å²) >= 11 is 5.95. The van der Waals surface area contributed by atoms with Crippen LogP contribution in [0.3, 0.4) is 0 Å². The van der Waals surface area contributed by atoms with Crippen LogP contribution in [0.15, 0.2) is 30.9 Å². The third-order valence-corrected chi connectivity index (χ3v) is 5.84. The van der Waals surface area contributed by atoms with E-state index in [0.29, 0.717) is 29.5 Å². The van der Waals surface area contributed by atoms with Gasteiger partial charge in [0.2, 0.25) is 5.91 Å². The van der Waals surface area contributed by atoms with Gasteiger partial charge in [0.15, 0.2) is 0 Å². The number of anilines is 1. The molecule has 0 aliphatic carbocycles. The summed E-state index contributed by atoms with van der Waals surface area (Å²) in [7, 11) is 0. The Labute approximate surface area is 167 Å². The van der Waals surface area contributed by atoms with Gasteiger partial charge < -0.3 is 9.80 Å². The van der Waals surface area contributed by atoms with Gasteiger partial charge in [-0.25, -0.2) is 13.5 Å². The van der Waals surface area contributed by atoms with Gasteiger partial charge in [-0.2, -0.15) is 5.10 Å². The Bertz CT molecular complexity index is 874. The number of hydrogen-bond donors (Lipinski definition) is 0. The van der Waals surface area contributed by atoms with E-state index in [1.807, 2.05) is 6.92 Å². The number of piperidine rings is 1. The molecule has 0 aromatic carbocycles. The van der Waals surface area contributed by atoms with Crippen LogP contribution in [0.1, 0.15) is 26.2 Å². The molecule has 0 saturated carbocycles. The van der Waals surface area contributed by atoms with Crippen molar-refractivity contribution in [3.05, 3.63) is 35.9 Å². The lowest BCUT2D eigenvalue weighted by Crippen LogP contribution is -2.55. The largest absolute Gasteiger partial charge is 0.362 e. The Morgan fingerprint density at radius 3 is 2.71 bits per heavy atom. The van der Waals surface area contributed by atoms with Crippen LogP contribution in [0, 0.1) is 5.92 Å². The lowest BCUT2D eigenvalue weighted by atomic mass is 9.90. The third-order valence-electron chi connectivity index (χ3n) is 5.65. The fourth-order valence-corrected chi connectivity index (χ4v) is 4.30. The second kappa shape index (κ2) is 7.31. The van der Waals surface area contributed by atoms with Gasteiger partial charge in [0, 0.05) is 31.5 Å². The van der Waals surface area contributed by atoms with Crippen LogP contribution in [-0.2, 0) is 4.79 Å². The van der Waals surface area contributed by atoms with Crippen molar-refractivity contribution in [3.8, 4) is 5.69 Å². The highest BCUT2D eigenvalue weighted by atomic mass is 35.5. The first-order chi connectivity index (χ1) is 13.4. The molecule has 2 aliphatic rings. The van der Waals surface area contributed by atoms with Crippen molar-refractivity contribution in [2.45, 2.75) is 38.2 Å². The van der Waals surface area contributed by atoms with Crippen molar-refractivity contribution < 1.29 is 13.6 Å². The van der Waals surface area contributed by atoms with E-state index in [1.54, 1.807) is 39.1 Å². The van der Waals surface area contributed by atoms with Crippen molar-refractivity contribution in [1.29, 1.82) is 0 Å². The first-order valence-electron chi connectivity index (χ1n) is 9.44. The first-order valence-corrected chi connectivity index (χ1v) is 9.82. The summed E-state index contributed by atoms with van der Waals surface area (Å²) in [6.07, 6.45) is 8.09. The Hall–Kier alpha value is -2.22. The summed E-state index contributed by atoms with van der Waals surface area (Å²) in [5, 5.41) is 4.62. The molecule has 28 heavy (non-hydrogen) atoms. The first kappa shape index (κ1) is 19.1. The minimum Gasteiger partial charge on any atom is -0.362 e. The van der Waals surface area contributed by atoms with E-state index in [9.17, 15) is 4.79 Å². The van der Waals surface area contributed by atoms with Gasteiger partial charge in [0.05, 0.1) is 35.3 Å². The van der Waals surface area contributed by atoms with Gasteiger partial charge in [-0.15, -0.1) is 0 Å². The molecule has 0 bridgehead atoms. The average molecular weight is 410 g/mol. The normalized spacial score (nSPS) is 24.6. The fraction of sp³-hybridized carbons (Fsp3) is 0.526. The molecule has 6 nitrogen and oxygen atoms in total. The number of hydrogen-bond acceptors (Lipinski definition) is 4. The molecule has 0 N–H and O–H groups in total. The third kappa shape index (κ3) is 3.45. The summed E-state index contributed by atoms with van der Waals surface area (Å²) in [5.41, 5.74) is 1.16. The number of nitrogens with zero attached hydrogens (tertiary/aromatic N) is 5. The molecule has 2 aromatic heterocycles. The smallest absolute Gasteiger partial charge is 0.276 e. The number of aromatic nitrogens is 3. The second-order valence-electron chi connectivity index (χ2n) is 7.51. The van der Waals surface area contributed by atoms with E-state index in [2.05, 4.69) is 10.1 Å². The van der Waals surface area contributed by atoms with Gasteiger partial charge in [0.25, 0.3) is 5.92 Å². The van der Waals surface area contributed by atoms with E-state index in [1.165, 1.54) is 6.20 Å². The Balaban J connectivity index is 1.56. The van der Waals surface area contributed by atoms with Crippen molar-refractivity contribution in [3.63, 3.8) is 0 Å². The molecule has 9 heteroatoms. The lowest BCUT2D eigenvalue weighted by Gasteiger charge is -2.40. The molecule has 2 aliphatic heterocycles. The van der Waals surface area contributed by atoms with Crippen LogP contribution in [0.4, 0.5) is 14.5 Å². The average Bonchev–Trinajstić information content (AvgIpc) is 3.28. The standard InChI is InChI=1S/C19H22ClF2N5O/c1-13-3-2-7-26(13)18(28)15-5-8-25(12-19(15,21)22)17-10-23-6-4-16(17)27-11-14(20)9-24-27/h4,6,9-11,13,15H,2-3,5,7-8,12H2,1H3/t13-,15-/m0/s1. The molecule has 1 amide bonds. The monoisotopic (exact) mass is 409 g/mol. The number of amides is 1. The molecule has 2 fully saturated rings. The van der Waals surface area contributed by atoms with E-state index in [-0.39, 0.29) is 12.5 Å². The zero-order valence-electron chi connectivity index (χ0n) is 15.6. The van der Waals surface area contributed by atoms with Gasteiger partial charge in [-0.05, 0) is 32.3 Å². The molecule has 0 spiro atoms. The molecular formula is C19H22ClF2N5O. The molecule has 0 unspecified atom stereocenters. The van der Waals surface area contributed by atoms with Crippen LogP contribution in [0.5, 0.6) is 0 Å². The molecule has 150 valence electrons. The summed E-state index contributed by atoms with van der Waals surface area (Å²) in [6, 6.07) is 1.75. The maximum Gasteiger partial charge on any atom is 0.276 e. The highest BCUT2D eigenvalue weighted by Gasteiger charge is 2.50. The molecule has 0 radical (unpaired) electrons. The van der Waals surface area contributed by atoms with Crippen molar-refractivity contribution >= 4 is 23.2 Å². The van der Waals surface area contributed by atoms with Crippen LogP contribution >= 0.6 is 11.6 Å². The highest BCUT2D eigenvalue weighted by Crippen LogP contribution is 2.38. The number of rotatable bonds is 3. The van der Waals surface area contributed by atoms with Crippen LogP contribution in [-0.4, -0.2) is 57.2 Å². The minimum atomic E-state index is -3.12. The molecule has 2 atom stereocenters. The Morgan fingerprint density at radius 2 is 2.07 bits per heavy atom.